The van der Waals surface area contributed by atoms with E-state index >= 15 is 0 Å². The van der Waals surface area contributed by atoms with Crippen LogP contribution in [0.15, 0.2) is 48.7 Å². The van der Waals surface area contributed by atoms with Gasteiger partial charge in [-0.05, 0) is 30.9 Å². The Labute approximate surface area is 151 Å². The van der Waals surface area contributed by atoms with Crippen LogP contribution in [0.3, 0.4) is 0 Å². The number of pyridine rings is 1. The molecule has 0 aliphatic carbocycles. The maximum absolute atomic E-state index is 5.34. The van der Waals surface area contributed by atoms with Crippen molar-refractivity contribution in [1.29, 1.82) is 0 Å². The van der Waals surface area contributed by atoms with Crippen LogP contribution >= 0.6 is 0 Å². The third-order valence-corrected chi connectivity index (χ3v) is 4.09. The quantitative estimate of drug-likeness (QED) is 0.525. The molecule has 3 heterocycles. The summed E-state index contributed by atoms with van der Waals surface area (Å²) in [6.07, 6.45) is 1.96. The molecule has 0 radical (unpaired) electrons. The molecule has 6 nitrogen and oxygen atoms in total. The number of rotatable bonds is 2. The zero-order valence-electron chi connectivity index (χ0n) is 14.8. The van der Waals surface area contributed by atoms with Crippen molar-refractivity contribution in [3.8, 4) is 28.8 Å². The molecule has 0 saturated carbocycles. The number of hydrogen-bond donors (Lipinski definition) is 0. The van der Waals surface area contributed by atoms with Gasteiger partial charge in [-0.15, -0.1) is 5.10 Å². The van der Waals surface area contributed by atoms with Crippen molar-refractivity contribution in [2.75, 3.05) is 7.11 Å². The second kappa shape index (κ2) is 6.37. The third kappa shape index (κ3) is 2.80. The van der Waals surface area contributed by atoms with Gasteiger partial charge in [0.25, 0.3) is 0 Å². The summed E-state index contributed by atoms with van der Waals surface area (Å²) >= 11 is 0. The summed E-state index contributed by atoms with van der Waals surface area (Å²) in [6.45, 7) is 1.96. The van der Waals surface area contributed by atoms with E-state index in [0.717, 1.165) is 17.0 Å². The standard InChI is InChI=1S/C20H17N5O/c1-14-9-10-17(26-3)20-22-18(23-25(14)20)11-12-19-21-16(13-24(19)2)15-7-5-4-6-8-15/h4-10,13H,1-3H3. The van der Waals surface area contributed by atoms with Crippen molar-refractivity contribution in [2.24, 2.45) is 7.05 Å². The van der Waals surface area contributed by atoms with E-state index in [9.17, 15) is 0 Å². The normalized spacial score (nSPS) is 10.6. The molecule has 4 rings (SSSR count). The highest BCUT2D eigenvalue weighted by Gasteiger charge is 2.09. The predicted molar refractivity (Wildman–Crippen MR) is 98.9 cm³/mol. The van der Waals surface area contributed by atoms with E-state index in [-0.39, 0.29) is 0 Å². The number of nitrogens with zero attached hydrogens (tertiary/aromatic N) is 5. The first-order chi connectivity index (χ1) is 12.7. The first-order valence-corrected chi connectivity index (χ1v) is 8.17. The van der Waals surface area contributed by atoms with Gasteiger partial charge in [0.05, 0.1) is 12.8 Å². The predicted octanol–water partition coefficient (Wildman–Crippen LogP) is 2.85. The van der Waals surface area contributed by atoms with Crippen LogP contribution < -0.4 is 4.74 Å². The van der Waals surface area contributed by atoms with Crippen molar-refractivity contribution in [3.05, 3.63) is 66.0 Å². The molecule has 0 spiro atoms. The van der Waals surface area contributed by atoms with Crippen LogP contribution in [0, 0.1) is 18.8 Å². The first kappa shape index (κ1) is 15.9. The summed E-state index contributed by atoms with van der Waals surface area (Å²) in [7, 11) is 3.54. The Hall–Kier alpha value is -3.59. The Morgan fingerprint density at radius 3 is 2.58 bits per heavy atom. The Morgan fingerprint density at radius 1 is 1.00 bits per heavy atom. The van der Waals surface area contributed by atoms with Gasteiger partial charge >= 0.3 is 0 Å². The molecule has 4 aromatic rings. The molecule has 3 aromatic heterocycles. The number of imidazole rings is 1. The van der Waals surface area contributed by atoms with Crippen molar-refractivity contribution < 1.29 is 4.74 Å². The van der Waals surface area contributed by atoms with Gasteiger partial charge in [0.2, 0.25) is 5.82 Å². The summed E-state index contributed by atoms with van der Waals surface area (Å²) in [5.41, 5.74) is 3.56. The first-order valence-electron chi connectivity index (χ1n) is 8.17. The van der Waals surface area contributed by atoms with Crippen LogP contribution in [-0.2, 0) is 7.05 Å². The molecule has 0 fully saturated rings. The summed E-state index contributed by atoms with van der Waals surface area (Å²) < 4.78 is 8.97. The number of hydrogen-bond acceptors (Lipinski definition) is 4. The number of aromatic nitrogens is 5. The second-order valence-electron chi connectivity index (χ2n) is 5.89. The minimum Gasteiger partial charge on any atom is -0.493 e. The van der Waals surface area contributed by atoms with Gasteiger partial charge in [-0.25, -0.2) is 9.50 Å². The molecule has 0 atom stereocenters. The maximum Gasteiger partial charge on any atom is 0.226 e. The zero-order chi connectivity index (χ0) is 18.1. The summed E-state index contributed by atoms with van der Waals surface area (Å²) in [5, 5.41) is 4.45. The summed E-state index contributed by atoms with van der Waals surface area (Å²) in [5.74, 6) is 7.82. The van der Waals surface area contributed by atoms with Crippen LogP contribution in [0.2, 0.25) is 0 Å². The summed E-state index contributed by atoms with van der Waals surface area (Å²) in [4.78, 5) is 9.07. The van der Waals surface area contributed by atoms with E-state index in [4.69, 9.17) is 4.74 Å². The lowest BCUT2D eigenvalue weighted by Gasteiger charge is -2.02. The van der Waals surface area contributed by atoms with Crippen LogP contribution in [0.4, 0.5) is 0 Å². The third-order valence-electron chi connectivity index (χ3n) is 4.09. The zero-order valence-corrected chi connectivity index (χ0v) is 14.8. The number of ether oxygens (including phenoxy) is 1. The molecular formula is C20H17N5O. The molecule has 0 saturated heterocycles. The van der Waals surface area contributed by atoms with Crippen molar-refractivity contribution in [1.82, 2.24) is 24.1 Å². The van der Waals surface area contributed by atoms with Gasteiger partial charge in [0, 0.05) is 24.5 Å². The second-order valence-corrected chi connectivity index (χ2v) is 5.89. The van der Waals surface area contributed by atoms with E-state index < -0.39 is 0 Å². The highest BCUT2D eigenvalue weighted by molar-refractivity contribution is 5.59. The summed E-state index contributed by atoms with van der Waals surface area (Å²) in [6, 6.07) is 13.8. The molecule has 0 bridgehead atoms. The molecule has 0 N–H and O–H groups in total. The highest BCUT2D eigenvalue weighted by atomic mass is 16.5. The van der Waals surface area contributed by atoms with E-state index in [1.165, 1.54) is 0 Å². The topological polar surface area (TPSA) is 57.2 Å². The molecule has 128 valence electrons. The van der Waals surface area contributed by atoms with Gasteiger partial charge in [-0.2, -0.15) is 4.98 Å². The maximum atomic E-state index is 5.34. The fourth-order valence-corrected chi connectivity index (χ4v) is 2.71. The minimum atomic E-state index is 0.432. The fourth-order valence-electron chi connectivity index (χ4n) is 2.71. The highest BCUT2D eigenvalue weighted by Crippen LogP contribution is 2.19. The van der Waals surface area contributed by atoms with Crippen molar-refractivity contribution in [3.63, 3.8) is 0 Å². The van der Waals surface area contributed by atoms with E-state index in [2.05, 4.69) is 26.9 Å². The SMILES string of the molecule is COc1ccc(C)n2nc(C#Cc3nc(-c4ccccc4)cn3C)nc12. The Kier molecular flexibility index (Phi) is 3.90. The largest absolute Gasteiger partial charge is 0.493 e. The average molecular weight is 343 g/mol. The molecule has 1 aromatic carbocycles. The number of benzene rings is 1. The monoisotopic (exact) mass is 343 g/mol. The Bertz CT molecular complexity index is 1150. The van der Waals surface area contributed by atoms with Crippen molar-refractivity contribution >= 4 is 5.65 Å². The molecule has 26 heavy (non-hydrogen) atoms. The molecule has 0 aliphatic rings. The van der Waals surface area contributed by atoms with Crippen LogP contribution in [0.25, 0.3) is 16.9 Å². The average Bonchev–Trinajstić information content (AvgIpc) is 3.25. The van der Waals surface area contributed by atoms with Gasteiger partial charge in [-0.1, -0.05) is 30.3 Å². The number of fused-ring (bicyclic) bond motifs is 1. The lowest BCUT2D eigenvalue weighted by molar-refractivity contribution is 0.416. The molecule has 0 aliphatic heterocycles. The smallest absolute Gasteiger partial charge is 0.226 e. The molecule has 0 unspecified atom stereocenters. The van der Waals surface area contributed by atoms with Crippen LogP contribution in [0.1, 0.15) is 17.3 Å². The van der Waals surface area contributed by atoms with Crippen LogP contribution in [-0.4, -0.2) is 31.3 Å². The lowest BCUT2D eigenvalue weighted by Crippen LogP contribution is -1.95. The Morgan fingerprint density at radius 2 is 1.81 bits per heavy atom. The Balaban J connectivity index is 1.71. The van der Waals surface area contributed by atoms with E-state index in [1.807, 2.05) is 67.2 Å². The lowest BCUT2D eigenvalue weighted by atomic mass is 10.2. The molecule has 6 heteroatoms. The number of aryl methyl sites for hydroxylation is 2. The van der Waals surface area contributed by atoms with Gasteiger partial charge in [-0.3, -0.25) is 0 Å². The number of methoxy groups -OCH3 is 1. The minimum absolute atomic E-state index is 0.432. The molecular weight excluding hydrogens is 326 g/mol. The van der Waals surface area contributed by atoms with Crippen molar-refractivity contribution in [2.45, 2.75) is 6.92 Å². The van der Waals surface area contributed by atoms with Gasteiger partial charge in [0.1, 0.15) is 0 Å². The fraction of sp³-hybridized carbons (Fsp3) is 0.150. The van der Waals surface area contributed by atoms with E-state index in [1.54, 1.807) is 11.6 Å². The van der Waals surface area contributed by atoms with E-state index in [0.29, 0.717) is 23.0 Å². The van der Waals surface area contributed by atoms with Gasteiger partial charge < -0.3 is 9.30 Å². The molecule has 0 amide bonds. The van der Waals surface area contributed by atoms with Crippen LogP contribution in [0.5, 0.6) is 5.75 Å². The van der Waals surface area contributed by atoms with Gasteiger partial charge in [0.15, 0.2) is 17.2 Å².